The third-order valence-electron chi connectivity index (χ3n) is 5.99. The molecule has 2 N–H and O–H groups in total. The van der Waals surface area contributed by atoms with Gasteiger partial charge in [-0.05, 0) is 56.2 Å². The summed E-state index contributed by atoms with van der Waals surface area (Å²) in [5.74, 6) is -0.309. The summed E-state index contributed by atoms with van der Waals surface area (Å²) in [5.41, 5.74) is 1.35. The van der Waals surface area contributed by atoms with Crippen LogP contribution < -0.4 is 10.6 Å². The highest BCUT2D eigenvalue weighted by atomic mass is 35.5. The lowest BCUT2D eigenvalue weighted by atomic mass is 9.65. The van der Waals surface area contributed by atoms with Gasteiger partial charge in [-0.1, -0.05) is 36.8 Å². The van der Waals surface area contributed by atoms with E-state index >= 15 is 0 Å². The molecular weight excluding hydrogens is 372 g/mol. The molecule has 1 amide bonds. The molecule has 1 aromatic carbocycles. The minimum absolute atomic E-state index is 0. The maximum Gasteiger partial charge on any atom is 0.241 e. The number of halogens is 1. The molecule has 1 aliphatic heterocycles. The fourth-order valence-electron chi connectivity index (χ4n) is 4.15. The van der Waals surface area contributed by atoms with E-state index in [1.54, 1.807) is 0 Å². The predicted octanol–water partition coefficient (Wildman–Crippen LogP) is 2.10. The van der Waals surface area contributed by atoms with Gasteiger partial charge in [0.05, 0.1) is 0 Å². The number of hydrogen-bond acceptors (Lipinski definition) is 4. The second kappa shape index (κ2) is 8.28. The Morgan fingerprint density at radius 3 is 2.23 bits per heavy atom. The topological polar surface area (TPSA) is 75.3 Å². The lowest BCUT2D eigenvalue weighted by molar-refractivity contribution is -0.125. The van der Waals surface area contributed by atoms with Crippen LogP contribution in [0.25, 0.3) is 0 Å². The monoisotopic (exact) mass is 400 g/mol. The highest BCUT2D eigenvalue weighted by Crippen LogP contribution is 2.43. The minimum atomic E-state index is -3.45. The molecule has 1 heterocycles. The number of sulfone groups is 1. The van der Waals surface area contributed by atoms with Crippen molar-refractivity contribution < 1.29 is 13.2 Å². The van der Waals surface area contributed by atoms with Gasteiger partial charge >= 0.3 is 0 Å². The van der Waals surface area contributed by atoms with Gasteiger partial charge in [0, 0.05) is 12.8 Å². The molecule has 2 aliphatic rings. The maximum atomic E-state index is 12.9. The minimum Gasteiger partial charge on any atom is -0.354 e. The van der Waals surface area contributed by atoms with Crippen LogP contribution in [0.15, 0.2) is 30.3 Å². The van der Waals surface area contributed by atoms with Gasteiger partial charge in [0.2, 0.25) is 5.91 Å². The first-order chi connectivity index (χ1) is 11.9. The van der Waals surface area contributed by atoms with Crippen LogP contribution in [0.5, 0.6) is 0 Å². The Kier molecular flexibility index (Phi) is 6.75. The molecule has 0 radical (unpaired) electrons. The van der Waals surface area contributed by atoms with E-state index in [1.165, 1.54) is 18.2 Å². The summed E-state index contributed by atoms with van der Waals surface area (Å²) >= 11 is 0. The fraction of sp³-hybridized carbons (Fsp3) is 0.632. The molecular formula is C19H29ClN2O3S. The summed E-state index contributed by atoms with van der Waals surface area (Å²) in [6, 6.07) is 10.3. The van der Waals surface area contributed by atoms with Crippen LogP contribution in [-0.4, -0.2) is 45.0 Å². The Morgan fingerprint density at radius 2 is 1.73 bits per heavy atom. The Bertz CT molecular complexity index is 712. The van der Waals surface area contributed by atoms with Crippen molar-refractivity contribution in [3.8, 4) is 0 Å². The largest absolute Gasteiger partial charge is 0.354 e. The summed E-state index contributed by atoms with van der Waals surface area (Å²) in [6.45, 7) is 1.69. The summed E-state index contributed by atoms with van der Waals surface area (Å²) < 4.78 is 23.5. The van der Waals surface area contributed by atoms with Crippen LogP contribution in [0, 0.1) is 5.41 Å². The van der Waals surface area contributed by atoms with Crippen LogP contribution >= 0.6 is 12.4 Å². The summed E-state index contributed by atoms with van der Waals surface area (Å²) in [4.78, 5) is 12.9. The van der Waals surface area contributed by atoms with Crippen molar-refractivity contribution >= 4 is 28.2 Å². The number of nitrogens with one attached hydrogen (secondary N) is 2. The molecule has 1 saturated carbocycles. The zero-order valence-electron chi connectivity index (χ0n) is 15.3. The SMILES string of the molecule is CS(=O)(=O)C1(C(=O)NCC2(Cc3ccccc3)CCC2)CCNCC1.Cl. The van der Waals surface area contributed by atoms with Gasteiger partial charge in [-0.15, -0.1) is 12.4 Å². The predicted molar refractivity (Wildman–Crippen MR) is 106 cm³/mol. The van der Waals surface area contributed by atoms with E-state index in [1.807, 2.05) is 18.2 Å². The zero-order chi connectivity index (χ0) is 18.0. The van der Waals surface area contributed by atoms with Gasteiger partial charge in [0.1, 0.15) is 0 Å². The lowest BCUT2D eigenvalue weighted by Crippen LogP contribution is -2.59. The molecule has 1 aromatic rings. The van der Waals surface area contributed by atoms with E-state index in [0.717, 1.165) is 19.3 Å². The van der Waals surface area contributed by atoms with Gasteiger partial charge in [0.25, 0.3) is 0 Å². The van der Waals surface area contributed by atoms with Gasteiger partial charge < -0.3 is 10.6 Å². The summed E-state index contributed by atoms with van der Waals surface area (Å²) in [5, 5.41) is 6.17. The van der Waals surface area contributed by atoms with Crippen molar-refractivity contribution in [1.82, 2.24) is 10.6 Å². The van der Waals surface area contributed by atoms with E-state index in [0.29, 0.717) is 32.5 Å². The lowest BCUT2D eigenvalue weighted by Gasteiger charge is -2.43. The molecule has 0 spiro atoms. The number of amides is 1. The first-order valence-corrected chi connectivity index (χ1v) is 11.0. The van der Waals surface area contributed by atoms with Gasteiger partial charge in [-0.25, -0.2) is 8.42 Å². The van der Waals surface area contributed by atoms with Crippen molar-refractivity contribution in [2.75, 3.05) is 25.9 Å². The molecule has 26 heavy (non-hydrogen) atoms. The highest BCUT2D eigenvalue weighted by molar-refractivity contribution is 7.92. The van der Waals surface area contributed by atoms with Crippen molar-refractivity contribution in [2.45, 2.75) is 43.3 Å². The summed E-state index contributed by atoms with van der Waals surface area (Å²) in [7, 11) is -3.45. The van der Waals surface area contributed by atoms with Crippen LogP contribution in [0.2, 0.25) is 0 Å². The van der Waals surface area contributed by atoms with E-state index < -0.39 is 14.6 Å². The molecule has 5 nitrogen and oxygen atoms in total. The van der Waals surface area contributed by atoms with E-state index in [4.69, 9.17) is 0 Å². The Balaban J connectivity index is 0.00000243. The molecule has 2 fully saturated rings. The molecule has 7 heteroatoms. The second-order valence-electron chi connectivity index (χ2n) is 7.72. The molecule has 0 aromatic heterocycles. The van der Waals surface area contributed by atoms with Crippen LogP contribution in [0.4, 0.5) is 0 Å². The third-order valence-corrected chi connectivity index (χ3v) is 8.01. The molecule has 3 rings (SSSR count). The third kappa shape index (κ3) is 4.24. The molecule has 0 bridgehead atoms. The number of hydrogen-bond donors (Lipinski definition) is 2. The highest BCUT2D eigenvalue weighted by Gasteiger charge is 2.49. The number of rotatable bonds is 6. The number of benzene rings is 1. The first-order valence-electron chi connectivity index (χ1n) is 9.10. The van der Waals surface area contributed by atoms with Gasteiger partial charge in [0.15, 0.2) is 14.6 Å². The fourth-order valence-corrected chi connectivity index (χ4v) is 5.50. The van der Waals surface area contributed by atoms with Crippen molar-refractivity contribution in [2.24, 2.45) is 5.41 Å². The van der Waals surface area contributed by atoms with Crippen molar-refractivity contribution in [1.29, 1.82) is 0 Å². The smallest absolute Gasteiger partial charge is 0.241 e. The first kappa shape index (κ1) is 21.2. The summed E-state index contributed by atoms with van der Waals surface area (Å²) in [6.07, 6.45) is 6.16. The second-order valence-corrected chi connectivity index (χ2v) is 10.0. The van der Waals surface area contributed by atoms with Crippen molar-refractivity contribution in [3.05, 3.63) is 35.9 Å². The van der Waals surface area contributed by atoms with Gasteiger partial charge in [-0.2, -0.15) is 0 Å². The molecule has 146 valence electrons. The zero-order valence-corrected chi connectivity index (χ0v) is 16.9. The number of piperidine rings is 1. The normalized spacial score (nSPS) is 21.1. The van der Waals surface area contributed by atoms with Gasteiger partial charge in [-0.3, -0.25) is 4.79 Å². The molecule has 1 saturated heterocycles. The van der Waals surface area contributed by atoms with Crippen LogP contribution in [0.1, 0.15) is 37.7 Å². The Labute approximate surface area is 162 Å². The standard InChI is InChI=1S/C19H28N2O3S.ClH/c1-25(23,24)19(10-12-20-13-11-19)17(22)21-15-18(8-5-9-18)14-16-6-3-2-4-7-16;/h2-4,6-7,20H,5,8-15H2,1H3,(H,21,22);1H. The number of carbonyl (C=O) groups is 1. The van der Waals surface area contributed by atoms with Crippen LogP contribution in [-0.2, 0) is 21.1 Å². The average molecular weight is 401 g/mol. The van der Waals surface area contributed by atoms with E-state index in [2.05, 4.69) is 22.8 Å². The molecule has 0 atom stereocenters. The van der Waals surface area contributed by atoms with Crippen molar-refractivity contribution in [3.63, 3.8) is 0 Å². The van der Waals surface area contributed by atoms with E-state index in [9.17, 15) is 13.2 Å². The maximum absolute atomic E-state index is 12.9. The Hall–Kier alpha value is -1.11. The van der Waals surface area contributed by atoms with E-state index in [-0.39, 0.29) is 23.7 Å². The average Bonchev–Trinajstić information content (AvgIpc) is 2.57. The molecule has 0 unspecified atom stereocenters. The molecule has 1 aliphatic carbocycles. The van der Waals surface area contributed by atoms with Crippen LogP contribution in [0.3, 0.4) is 0 Å². The quantitative estimate of drug-likeness (QED) is 0.766. The number of carbonyl (C=O) groups excluding carboxylic acids is 1. The Morgan fingerprint density at radius 1 is 1.12 bits per heavy atom.